The minimum Gasteiger partial charge on any atom is -0.381 e. The second-order valence-corrected chi connectivity index (χ2v) is 8.98. The Morgan fingerprint density at radius 1 is 1.19 bits per heavy atom. The van der Waals surface area contributed by atoms with Crippen LogP contribution in [0.3, 0.4) is 0 Å². The van der Waals surface area contributed by atoms with Gasteiger partial charge < -0.3 is 5.32 Å². The Kier molecular flexibility index (Phi) is 4.97. The molecule has 0 aromatic heterocycles. The van der Waals surface area contributed by atoms with Gasteiger partial charge in [0.05, 0.1) is 16.3 Å². The molecule has 3 nitrogen and oxygen atoms in total. The van der Waals surface area contributed by atoms with Crippen LogP contribution in [0.25, 0.3) is 0 Å². The third-order valence-corrected chi connectivity index (χ3v) is 6.37. The minimum absolute atomic E-state index is 0.212. The molecule has 1 saturated carbocycles. The summed E-state index contributed by atoms with van der Waals surface area (Å²) in [6.07, 6.45) is 5.24. The molecule has 2 rings (SSSR count). The van der Waals surface area contributed by atoms with Crippen LogP contribution in [-0.2, 0) is 9.84 Å². The molecule has 0 unspecified atom stereocenters. The van der Waals surface area contributed by atoms with Gasteiger partial charge in [-0.25, -0.2) is 8.42 Å². The maximum absolute atomic E-state index is 12.4. The number of nitrogens with one attached hydrogen (secondary N) is 1. The van der Waals surface area contributed by atoms with Gasteiger partial charge in [0.15, 0.2) is 9.84 Å². The van der Waals surface area contributed by atoms with Gasteiger partial charge in [0.1, 0.15) is 0 Å². The van der Waals surface area contributed by atoms with E-state index in [-0.39, 0.29) is 5.75 Å². The van der Waals surface area contributed by atoms with Gasteiger partial charge in [-0.1, -0.05) is 32.9 Å². The molecule has 1 fully saturated rings. The number of benzene rings is 1. The van der Waals surface area contributed by atoms with Gasteiger partial charge in [-0.15, -0.1) is 0 Å². The Hall–Kier alpha value is -1.03. The summed E-state index contributed by atoms with van der Waals surface area (Å²) in [5.74, 6) is 0.212. The van der Waals surface area contributed by atoms with Crippen molar-refractivity contribution in [3.63, 3.8) is 0 Å². The Morgan fingerprint density at radius 2 is 1.81 bits per heavy atom. The van der Waals surface area contributed by atoms with E-state index >= 15 is 0 Å². The standard InChI is InChI=1S/C17H27NO2S/c1-4-13-21(19,20)16-8-6-5-7-15(16)18-14-9-11-17(2,3)12-10-14/h5-8,14,18H,4,9-13H2,1-3H3. The second kappa shape index (κ2) is 6.39. The fourth-order valence-corrected chi connectivity index (χ4v) is 4.50. The summed E-state index contributed by atoms with van der Waals surface area (Å²) in [7, 11) is -3.18. The fourth-order valence-electron chi connectivity index (χ4n) is 3.00. The Labute approximate surface area is 129 Å². The number of sulfone groups is 1. The second-order valence-electron chi connectivity index (χ2n) is 6.90. The lowest BCUT2D eigenvalue weighted by atomic mass is 9.75. The van der Waals surface area contributed by atoms with E-state index in [1.54, 1.807) is 12.1 Å². The highest BCUT2D eigenvalue weighted by atomic mass is 32.2. The van der Waals surface area contributed by atoms with Crippen LogP contribution in [0.2, 0.25) is 0 Å². The zero-order valence-corrected chi connectivity index (χ0v) is 14.2. The van der Waals surface area contributed by atoms with Gasteiger partial charge in [-0.3, -0.25) is 0 Å². The van der Waals surface area contributed by atoms with E-state index in [1.165, 1.54) is 12.8 Å². The van der Waals surface area contributed by atoms with Crippen molar-refractivity contribution >= 4 is 15.5 Å². The molecule has 0 aliphatic heterocycles. The highest BCUT2D eigenvalue weighted by molar-refractivity contribution is 7.91. The molecular formula is C17H27NO2S. The van der Waals surface area contributed by atoms with Gasteiger partial charge in [-0.05, 0) is 49.7 Å². The molecule has 1 aromatic carbocycles. The van der Waals surface area contributed by atoms with E-state index in [1.807, 2.05) is 19.1 Å². The van der Waals surface area contributed by atoms with E-state index in [0.717, 1.165) is 18.5 Å². The van der Waals surface area contributed by atoms with Crippen LogP contribution < -0.4 is 5.32 Å². The number of anilines is 1. The summed E-state index contributed by atoms with van der Waals surface area (Å²) in [6, 6.07) is 7.70. The molecule has 0 atom stereocenters. The summed E-state index contributed by atoms with van der Waals surface area (Å²) < 4.78 is 24.7. The minimum atomic E-state index is -3.18. The molecule has 0 spiro atoms. The zero-order valence-electron chi connectivity index (χ0n) is 13.4. The van der Waals surface area contributed by atoms with Crippen molar-refractivity contribution in [1.82, 2.24) is 0 Å². The van der Waals surface area contributed by atoms with Crippen molar-refractivity contribution in [3.05, 3.63) is 24.3 Å². The third-order valence-electron chi connectivity index (χ3n) is 4.39. The zero-order chi connectivity index (χ0) is 15.5. The van der Waals surface area contributed by atoms with Gasteiger partial charge in [0.25, 0.3) is 0 Å². The van der Waals surface area contributed by atoms with Crippen molar-refractivity contribution in [2.24, 2.45) is 5.41 Å². The molecule has 1 aromatic rings. The quantitative estimate of drug-likeness (QED) is 0.884. The van der Waals surface area contributed by atoms with Crippen molar-refractivity contribution < 1.29 is 8.42 Å². The SMILES string of the molecule is CCCS(=O)(=O)c1ccccc1NC1CCC(C)(C)CC1. The van der Waals surface area contributed by atoms with Crippen LogP contribution in [0.1, 0.15) is 52.9 Å². The summed E-state index contributed by atoms with van der Waals surface area (Å²) >= 11 is 0. The van der Waals surface area contributed by atoms with Gasteiger partial charge >= 0.3 is 0 Å². The number of hydrogen-bond donors (Lipinski definition) is 1. The van der Waals surface area contributed by atoms with Crippen LogP contribution in [0.15, 0.2) is 29.2 Å². The predicted molar refractivity (Wildman–Crippen MR) is 88.4 cm³/mol. The largest absolute Gasteiger partial charge is 0.381 e. The molecule has 1 aliphatic rings. The molecule has 118 valence electrons. The highest BCUT2D eigenvalue weighted by Gasteiger charge is 2.27. The fraction of sp³-hybridized carbons (Fsp3) is 0.647. The summed E-state index contributed by atoms with van der Waals surface area (Å²) in [4.78, 5) is 0.455. The molecule has 0 saturated heterocycles. The highest BCUT2D eigenvalue weighted by Crippen LogP contribution is 2.36. The number of para-hydroxylation sites is 1. The molecule has 0 radical (unpaired) electrons. The lowest BCUT2D eigenvalue weighted by Crippen LogP contribution is -2.30. The van der Waals surface area contributed by atoms with Crippen molar-refractivity contribution in [2.75, 3.05) is 11.1 Å². The van der Waals surface area contributed by atoms with E-state index in [0.29, 0.717) is 22.8 Å². The van der Waals surface area contributed by atoms with Gasteiger partial charge in [0, 0.05) is 6.04 Å². The van der Waals surface area contributed by atoms with Crippen LogP contribution in [0.5, 0.6) is 0 Å². The maximum atomic E-state index is 12.4. The molecule has 0 heterocycles. The first-order chi connectivity index (χ1) is 9.84. The smallest absolute Gasteiger partial charge is 0.180 e. The summed E-state index contributed by atoms with van der Waals surface area (Å²) in [6.45, 7) is 6.52. The lowest BCUT2D eigenvalue weighted by Gasteiger charge is -2.35. The van der Waals surface area contributed by atoms with E-state index in [2.05, 4.69) is 19.2 Å². The van der Waals surface area contributed by atoms with Crippen LogP contribution in [0.4, 0.5) is 5.69 Å². The average molecular weight is 309 g/mol. The van der Waals surface area contributed by atoms with Crippen LogP contribution in [-0.4, -0.2) is 20.2 Å². The van der Waals surface area contributed by atoms with Crippen LogP contribution >= 0.6 is 0 Å². The molecule has 0 bridgehead atoms. The van der Waals surface area contributed by atoms with E-state index in [9.17, 15) is 8.42 Å². The molecular weight excluding hydrogens is 282 g/mol. The van der Waals surface area contributed by atoms with Crippen molar-refractivity contribution in [2.45, 2.75) is 63.8 Å². The van der Waals surface area contributed by atoms with Crippen LogP contribution in [0, 0.1) is 5.41 Å². The molecule has 4 heteroatoms. The Balaban J connectivity index is 2.15. The topological polar surface area (TPSA) is 46.2 Å². The van der Waals surface area contributed by atoms with Crippen molar-refractivity contribution in [3.8, 4) is 0 Å². The first-order valence-electron chi connectivity index (χ1n) is 7.92. The first kappa shape index (κ1) is 16.3. The monoisotopic (exact) mass is 309 g/mol. The number of hydrogen-bond acceptors (Lipinski definition) is 3. The average Bonchev–Trinajstić information content (AvgIpc) is 2.42. The number of rotatable bonds is 5. The summed E-state index contributed by atoms with van der Waals surface area (Å²) in [5, 5.41) is 3.47. The normalized spacial score (nSPS) is 19.4. The lowest BCUT2D eigenvalue weighted by molar-refractivity contribution is 0.232. The van der Waals surface area contributed by atoms with Gasteiger partial charge in [-0.2, -0.15) is 0 Å². The Morgan fingerprint density at radius 3 is 2.43 bits per heavy atom. The van der Waals surface area contributed by atoms with Gasteiger partial charge in [0.2, 0.25) is 0 Å². The van der Waals surface area contributed by atoms with E-state index in [4.69, 9.17) is 0 Å². The molecule has 1 N–H and O–H groups in total. The molecule has 1 aliphatic carbocycles. The van der Waals surface area contributed by atoms with E-state index < -0.39 is 9.84 Å². The molecule has 21 heavy (non-hydrogen) atoms. The maximum Gasteiger partial charge on any atom is 0.180 e. The first-order valence-corrected chi connectivity index (χ1v) is 9.58. The molecule has 0 amide bonds. The third kappa shape index (κ3) is 4.22. The summed E-state index contributed by atoms with van der Waals surface area (Å²) in [5.41, 5.74) is 1.20. The predicted octanol–water partition coefficient (Wildman–Crippen LogP) is 4.25. The van der Waals surface area contributed by atoms with Crippen molar-refractivity contribution in [1.29, 1.82) is 0 Å². The Bertz CT molecular complexity index is 568.